The van der Waals surface area contributed by atoms with Crippen LogP contribution in [-0.4, -0.2) is 7.05 Å². The maximum Gasteiger partial charge on any atom is 0.0625 e. The van der Waals surface area contributed by atoms with Crippen molar-refractivity contribution in [3.8, 4) is 6.07 Å². The summed E-state index contributed by atoms with van der Waals surface area (Å²) in [6.07, 6.45) is 1.44. The molecule has 1 aromatic rings. The topological polar surface area (TPSA) is 35.8 Å². The van der Waals surface area contributed by atoms with Gasteiger partial charge in [0.15, 0.2) is 0 Å². The lowest BCUT2D eigenvalue weighted by Crippen LogP contribution is -1.88. The lowest BCUT2D eigenvalue weighted by Gasteiger charge is -2.00. The second kappa shape index (κ2) is 4.40. The number of benzene rings is 1. The van der Waals surface area contributed by atoms with Crippen LogP contribution in [0.4, 0.5) is 5.69 Å². The minimum atomic E-state index is 0.596. The first-order valence-corrected chi connectivity index (χ1v) is 4.00. The van der Waals surface area contributed by atoms with E-state index in [0.717, 1.165) is 12.1 Å². The molecular weight excluding hydrogens is 148 g/mol. The zero-order chi connectivity index (χ0) is 8.81. The van der Waals surface area contributed by atoms with Gasteiger partial charge in [-0.3, -0.25) is 0 Å². The number of nitrogens with one attached hydrogen (secondary N) is 1. The van der Waals surface area contributed by atoms with Crippen molar-refractivity contribution < 1.29 is 0 Å². The SMILES string of the molecule is CNc1ccc(CCC#N)cc1. The lowest BCUT2D eigenvalue weighted by atomic mass is 10.1. The molecule has 0 aliphatic carbocycles. The Morgan fingerprint density at radius 2 is 2.00 bits per heavy atom. The van der Waals surface area contributed by atoms with E-state index in [0.29, 0.717) is 6.42 Å². The Labute approximate surface area is 72.8 Å². The minimum absolute atomic E-state index is 0.596. The van der Waals surface area contributed by atoms with Crippen molar-refractivity contribution in [3.05, 3.63) is 29.8 Å². The van der Waals surface area contributed by atoms with Gasteiger partial charge < -0.3 is 5.32 Å². The number of nitrogens with zero attached hydrogens (tertiary/aromatic N) is 1. The molecule has 0 fully saturated rings. The standard InChI is InChI=1S/C10H12N2/c1-12-10-6-4-9(5-7-10)3-2-8-11/h4-7,12H,2-3H2,1H3. The van der Waals surface area contributed by atoms with Crippen LogP contribution in [0.5, 0.6) is 0 Å². The molecule has 0 spiro atoms. The third-order valence-electron chi connectivity index (χ3n) is 1.77. The molecule has 12 heavy (non-hydrogen) atoms. The van der Waals surface area contributed by atoms with Gasteiger partial charge in [0, 0.05) is 19.2 Å². The summed E-state index contributed by atoms with van der Waals surface area (Å²) in [7, 11) is 1.89. The zero-order valence-electron chi connectivity index (χ0n) is 7.17. The molecule has 0 saturated heterocycles. The molecular formula is C10H12N2. The van der Waals surface area contributed by atoms with Crippen molar-refractivity contribution in [2.75, 3.05) is 12.4 Å². The smallest absolute Gasteiger partial charge is 0.0625 e. The van der Waals surface area contributed by atoms with Crippen LogP contribution in [0.25, 0.3) is 0 Å². The van der Waals surface area contributed by atoms with Crippen molar-refractivity contribution in [2.24, 2.45) is 0 Å². The highest BCUT2D eigenvalue weighted by atomic mass is 14.8. The molecule has 0 aliphatic rings. The molecule has 0 amide bonds. The quantitative estimate of drug-likeness (QED) is 0.735. The van der Waals surface area contributed by atoms with Crippen molar-refractivity contribution in [1.29, 1.82) is 5.26 Å². The Hall–Kier alpha value is -1.49. The highest BCUT2D eigenvalue weighted by Crippen LogP contribution is 2.09. The summed E-state index contributed by atoms with van der Waals surface area (Å²) in [4.78, 5) is 0. The third kappa shape index (κ3) is 2.28. The van der Waals surface area contributed by atoms with Crippen LogP contribution in [0.15, 0.2) is 24.3 Å². The van der Waals surface area contributed by atoms with Gasteiger partial charge in [0.1, 0.15) is 0 Å². The van der Waals surface area contributed by atoms with E-state index in [1.54, 1.807) is 0 Å². The van der Waals surface area contributed by atoms with Crippen molar-refractivity contribution in [1.82, 2.24) is 0 Å². The van der Waals surface area contributed by atoms with Crippen molar-refractivity contribution in [2.45, 2.75) is 12.8 Å². The Bertz CT molecular complexity index is 269. The number of hydrogen-bond acceptors (Lipinski definition) is 2. The minimum Gasteiger partial charge on any atom is -0.388 e. The Balaban J connectivity index is 2.60. The predicted molar refractivity (Wildman–Crippen MR) is 49.9 cm³/mol. The average Bonchev–Trinajstić information content (AvgIpc) is 2.15. The van der Waals surface area contributed by atoms with Gasteiger partial charge >= 0.3 is 0 Å². The molecule has 0 aromatic heterocycles. The van der Waals surface area contributed by atoms with Gasteiger partial charge in [0.25, 0.3) is 0 Å². The summed E-state index contributed by atoms with van der Waals surface area (Å²) in [6, 6.07) is 10.3. The van der Waals surface area contributed by atoms with E-state index in [2.05, 4.69) is 11.4 Å². The largest absolute Gasteiger partial charge is 0.388 e. The van der Waals surface area contributed by atoms with E-state index in [4.69, 9.17) is 5.26 Å². The summed E-state index contributed by atoms with van der Waals surface area (Å²) in [5, 5.41) is 11.4. The molecule has 1 aromatic carbocycles. The summed E-state index contributed by atoms with van der Waals surface area (Å²) in [6.45, 7) is 0. The van der Waals surface area contributed by atoms with Crippen LogP contribution < -0.4 is 5.32 Å². The fourth-order valence-corrected chi connectivity index (χ4v) is 1.04. The van der Waals surface area contributed by atoms with Crippen LogP contribution in [0.1, 0.15) is 12.0 Å². The van der Waals surface area contributed by atoms with E-state index < -0.39 is 0 Å². The van der Waals surface area contributed by atoms with Gasteiger partial charge in [0.05, 0.1) is 6.07 Å². The molecule has 0 bridgehead atoms. The van der Waals surface area contributed by atoms with E-state index >= 15 is 0 Å². The molecule has 0 aliphatic heterocycles. The maximum absolute atomic E-state index is 8.37. The summed E-state index contributed by atoms with van der Waals surface area (Å²) in [5.74, 6) is 0. The first-order valence-electron chi connectivity index (χ1n) is 4.00. The molecule has 2 nitrogen and oxygen atoms in total. The fourth-order valence-electron chi connectivity index (χ4n) is 1.04. The average molecular weight is 160 g/mol. The lowest BCUT2D eigenvalue weighted by molar-refractivity contribution is 1.01. The summed E-state index contributed by atoms with van der Waals surface area (Å²) >= 11 is 0. The summed E-state index contributed by atoms with van der Waals surface area (Å²) in [5.41, 5.74) is 2.33. The monoisotopic (exact) mass is 160 g/mol. The molecule has 0 heterocycles. The highest BCUT2D eigenvalue weighted by molar-refractivity contribution is 5.43. The second-order valence-electron chi connectivity index (χ2n) is 2.61. The van der Waals surface area contributed by atoms with Crippen molar-refractivity contribution in [3.63, 3.8) is 0 Å². The van der Waals surface area contributed by atoms with Gasteiger partial charge in [-0.25, -0.2) is 0 Å². The van der Waals surface area contributed by atoms with Crippen LogP contribution in [0.3, 0.4) is 0 Å². The zero-order valence-corrected chi connectivity index (χ0v) is 7.17. The predicted octanol–water partition coefficient (Wildman–Crippen LogP) is 2.18. The molecule has 0 unspecified atom stereocenters. The molecule has 1 rings (SSSR count). The molecule has 62 valence electrons. The Morgan fingerprint density at radius 1 is 1.33 bits per heavy atom. The molecule has 0 radical (unpaired) electrons. The maximum atomic E-state index is 8.37. The van der Waals surface area contributed by atoms with Gasteiger partial charge in [-0.15, -0.1) is 0 Å². The van der Waals surface area contributed by atoms with Crippen LogP contribution in [0.2, 0.25) is 0 Å². The highest BCUT2D eigenvalue weighted by Gasteiger charge is 1.91. The molecule has 0 saturated carbocycles. The Morgan fingerprint density at radius 3 is 2.50 bits per heavy atom. The molecule has 0 atom stereocenters. The van der Waals surface area contributed by atoms with Crippen LogP contribution in [0, 0.1) is 11.3 Å². The van der Waals surface area contributed by atoms with E-state index in [1.807, 2.05) is 31.3 Å². The first-order chi connectivity index (χ1) is 5.86. The molecule has 1 N–H and O–H groups in total. The molecule has 2 heteroatoms. The van der Waals surface area contributed by atoms with E-state index in [-0.39, 0.29) is 0 Å². The normalized spacial score (nSPS) is 9.00. The first kappa shape index (κ1) is 8.61. The number of nitriles is 1. The number of aryl methyl sites for hydroxylation is 1. The van der Waals surface area contributed by atoms with E-state index in [1.165, 1.54) is 5.56 Å². The van der Waals surface area contributed by atoms with Crippen molar-refractivity contribution >= 4 is 5.69 Å². The summed E-state index contributed by atoms with van der Waals surface area (Å²) < 4.78 is 0. The van der Waals surface area contributed by atoms with E-state index in [9.17, 15) is 0 Å². The third-order valence-corrected chi connectivity index (χ3v) is 1.77. The van der Waals surface area contributed by atoms with Gasteiger partial charge in [-0.1, -0.05) is 12.1 Å². The Kier molecular flexibility index (Phi) is 3.16. The number of anilines is 1. The number of rotatable bonds is 3. The second-order valence-corrected chi connectivity index (χ2v) is 2.61. The fraction of sp³-hybridized carbons (Fsp3) is 0.300. The van der Waals surface area contributed by atoms with Gasteiger partial charge in [-0.05, 0) is 24.1 Å². The van der Waals surface area contributed by atoms with Gasteiger partial charge in [-0.2, -0.15) is 5.26 Å². The van der Waals surface area contributed by atoms with Crippen LogP contribution >= 0.6 is 0 Å². The van der Waals surface area contributed by atoms with Crippen LogP contribution in [-0.2, 0) is 6.42 Å². The van der Waals surface area contributed by atoms with Gasteiger partial charge in [0.2, 0.25) is 0 Å². The number of hydrogen-bond donors (Lipinski definition) is 1.